The minimum atomic E-state index is -0.428. The van der Waals surface area contributed by atoms with Crippen molar-refractivity contribution in [3.05, 3.63) is 28.2 Å². The van der Waals surface area contributed by atoms with E-state index in [1.165, 1.54) is 0 Å². The van der Waals surface area contributed by atoms with Crippen molar-refractivity contribution in [2.45, 2.75) is 6.42 Å². The Hall–Kier alpha value is -0.680. The van der Waals surface area contributed by atoms with Crippen LogP contribution < -0.4 is 4.90 Å². The first-order valence-corrected chi connectivity index (χ1v) is 6.79. The molecule has 0 saturated carbocycles. The van der Waals surface area contributed by atoms with Crippen LogP contribution >= 0.6 is 31.9 Å². The molecule has 1 amide bonds. The highest BCUT2D eigenvalue weighted by Gasteiger charge is 2.36. The zero-order chi connectivity index (χ0) is 11.7. The van der Waals surface area contributed by atoms with Gasteiger partial charge in [-0.2, -0.15) is 0 Å². The number of fused-ring (bicyclic) bond motifs is 1. The van der Waals surface area contributed by atoms with Gasteiger partial charge >= 0.3 is 0 Å². The molecule has 16 heavy (non-hydrogen) atoms. The molecule has 0 aromatic heterocycles. The van der Waals surface area contributed by atoms with Gasteiger partial charge in [-0.25, -0.2) is 0 Å². The molecule has 84 valence electrons. The number of hydrogen-bond donors (Lipinski definition) is 0. The van der Waals surface area contributed by atoms with Gasteiger partial charge in [0.15, 0.2) is 0 Å². The normalized spacial score (nSPS) is 14.5. The fourth-order valence-electron chi connectivity index (χ4n) is 1.74. The fourth-order valence-corrected chi connectivity index (χ4v) is 2.53. The van der Waals surface area contributed by atoms with Gasteiger partial charge in [0.1, 0.15) is 0 Å². The summed E-state index contributed by atoms with van der Waals surface area (Å²) in [5, 5.41) is 0.814. The molecule has 2 rings (SSSR count). The van der Waals surface area contributed by atoms with Gasteiger partial charge in [0.05, 0.1) is 11.3 Å². The zero-order valence-corrected chi connectivity index (χ0v) is 11.5. The maximum absolute atomic E-state index is 11.8. The van der Waals surface area contributed by atoms with Crippen molar-refractivity contribution in [1.29, 1.82) is 0 Å². The predicted octanol–water partition coefficient (Wildman–Crippen LogP) is 2.76. The van der Waals surface area contributed by atoms with E-state index in [0.29, 0.717) is 22.3 Å². The largest absolute Gasteiger partial charge is 0.305 e. The number of carbonyl (C=O) groups is 2. The molecule has 0 radical (unpaired) electrons. The third kappa shape index (κ3) is 1.82. The average molecular weight is 347 g/mol. The zero-order valence-electron chi connectivity index (χ0n) is 8.37. The summed E-state index contributed by atoms with van der Waals surface area (Å²) in [6, 6.07) is 5.41. The molecule has 0 saturated heterocycles. The lowest BCUT2D eigenvalue weighted by molar-refractivity contribution is -0.114. The third-order valence-electron chi connectivity index (χ3n) is 2.46. The molecule has 0 N–H and O–H groups in total. The average Bonchev–Trinajstić information content (AvgIpc) is 2.51. The molecule has 0 atom stereocenters. The van der Waals surface area contributed by atoms with E-state index in [4.69, 9.17) is 0 Å². The highest BCUT2D eigenvalue weighted by Crippen LogP contribution is 2.34. The lowest BCUT2D eigenvalue weighted by Crippen LogP contribution is -2.30. The Morgan fingerprint density at radius 3 is 2.69 bits per heavy atom. The quantitative estimate of drug-likeness (QED) is 0.623. The number of nitrogens with zero attached hydrogens (tertiary/aromatic N) is 1. The summed E-state index contributed by atoms with van der Waals surface area (Å²) in [6.45, 7) is 0.569. The lowest BCUT2D eigenvalue weighted by atomic mass is 10.1. The number of hydrogen-bond acceptors (Lipinski definition) is 2. The Morgan fingerprint density at radius 2 is 2.00 bits per heavy atom. The summed E-state index contributed by atoms with van der Waals surface area (Å²) in [6.07, 6.45) is 0.824. The van der Waals surface area contributed by atoms with Gasteiger partial charge in [0, 0.05) is 16.3 Å². The Morgan fingerprint density at radius 1 is 1.25 bits per heavy atom. The molecule has 0 fully saturated rings. The van der Waals surface area contributed by atoms with Gasteiger partial charge < -0.3 is 4.90 Å². The smallest absolute Gasteiger partial charge is 0.299 e. The summed E-state index contributed by atoms with van der Waals surface area (Å²) >= 11 is 6.62. The second kappa shape index (κ2) is 4.67. The monoisotopic (exact) mass is 345 g/mol. The van der Waals surface area contributed by atoms with Gasteiger partial charge in [0.2, 0.25) is 0 Å². The van der Waals surface area contributed by atoms with Gasteiger partial charge in [0.25, 0.3) is 11.7 Å². The van der Waals surface area contributed by atoms with Crippen LogP contribution in [0, 0.1) is 0 Å². The van der Waals surface area contributed by atoms with Crippen LogP contribution in [-0.2, 0) is 4.79 Å². The van der Waals surface area contributed by atoms with Crippen LogP contribution in [0.25, 0.3) is 0 Å². The summed E-state index contributed by atoms with van der Waals surface area (Å²) in [5.74, 6) is -0.847. The van der Waals surface area contributed by atoms with Gasteiger partial charge in [-0.3, -0.25) is 9.59 Å². The first kappa shape index (κ1) is 11.8. The minimum absolute atomic E-state index is 0.419. The molecule has 5 heteroatoms. The molecule has 1 aliphatic rings. The van der Waals surface area contributed by atoms with Crippen molar-refractivity contribution >= 4 is 49.2 Å². The Labute approximate surface area is 110 Å². The van der Waals surface area contributed by atoms with Crippen LogP contribution in [0.15, 0.2) is 22.7 Å². The van der Waals surface area contributed by atoms with Gasteiger partial charge in [-0.15, -0.1) is 0 Å². The number of ketones is 1. The second-order valence-electron chi connectivity index (χ2n) is 3.46. The summed E-state index contributed by atoms with van der Waals surface area (Å²) in [7, 11) is 0. The van der Waals surface area contributed by atoms with Crippen molar-refractivity contribution in [2.75, 3.05) is 16.8 Å². The number of rotatable bonds is 3. The van der Waals surface area contributed by atoms with E-state index in [9.17, 15) is 9.59 Å². The van der Waals surface area contributed by atoms with E-state index < -0.39 is 11.7 Å². The Kier molecular flexibility index (Phi) is 3.44. The second-order valence-corrected chi connectivity index (χ2v) is 5.11. The Bertz CT molecular complexity index is 459. The van der Waals surface area contributed by atoms with E-state index in [1.807, 2.05) is 6.07 Å². The summed E-state index contributed by atoms with van der Waals surface area (Å²) in [4.78, 5) is 25.1. The van der Waals surface area contributed by atoms with Crippen molar-refractivity contribution in [2.24, 2.45) is 0 Å². The van der Waals surface area contributed by atoms with Crippen LogP contribution in [0.1, 0.15) is 16.8 Å². The number of halogens is 2. The number of anilines is 1. The minimum Gasteiger partial charge on any atom is -0.305 e. The first-order valence-electron chi connectivity index (χ1n) is 4.87. The summed E-state index contributed by atoms with van der Waals surface area (Å²) in [5.41, 5.74) is 1.20. The third-order valence-corrected chi connectivity index (χ3v) is 3.69. The number of amides is 1. The van der Waals surface area contributed by atoms with E-state index >= 15 is 0 Å². The topological polar surface area (TPSA) is 37.4 Å². The SMILES string of the molecule is O=C1C(=O)N(CCCBr)c2cccc(Br)c21. The van der Waals surface area contributed by atoms with Gasteiger partial charge in [-0.05, 0) is 34.5 Å². The number of benzene rings is 1. The summed E-state index contributed by atoms with van der Waals surface area (Å²) < 4.78 is 0.685. The molecule has 1 aliphatic heterocycles. The predicted molar refractivity (Wildman–Crippen MR) is 69.2 cm³/mol. The van der Waals surface area contributed by atoms with Crippen LogP contribution in [0.5, 0.6) is 0 Å². The maximum Gasteiger partial charge on any atom is 0.299 e. The molecule has 0 unspecified atom stereocenters. The van der Waals surface area contributed by atoms with E-state index in [-0.39, 0.29) is 0 Å². The van der Waals surface area contributed by atoms with Crippen molar-refractivity contribution < 1.29 is 9.59 Å². The molecule has 1 aromatic carbocycles. The molecule has 3 nitrogen and oxygen atoms in total. The van der Waals surface area contributed by atoms with Crippen LogP contribution in [0.4, 0.5) is 5.69 Å². The van der Waals surface area contributed by atoms with Crippen molar-refractivity contribution in [1.82, 2.24) is 0 Å². The van der Waals surface area contributed by atoms with Crippen LogP contribution in [-0.4, -0.2) is 23.6 Å². The first-order chi connectivity index (χ1) is 7.66. The van der Waals surface area contributed by atoms with Crippen molar-refractivity contribution in [3.8, 4) is 0 Å². The van der Waals surface area contributed by atoms with Crippen LogP contribution in [0.2, 0.25) is 0 Å². The number of alkyl halides is 1. The van der Waals surface area contributed by atoms with E-state index in [0.717, 1.165) is 11.8 Å². The molecule has 0 aliphatic carbocycles. The molecular formula is C11H9Br2NO2. The maximum atomic E-state index is 11.8. The molecule has 0 bridgehead atoms. The molecular weight excluding hydrogens is 338 g/mol. The fraction of sp³-hybridized carbons (Fsp3) is 0.273. The highest BCUT2D eigenvalue weighted by molar-refractivity contribution is 9.10. The highest BCUT2D eigenvalue weighted by atomic mass is 79.9. The van der Waals surface area contributed by atoms with Crippen LogP contribution in [0.3, 0.4) is 0 Å². The molecule has 1 aromatic rings. The van der Waals surface area contributed by atoms with E-state index in [2.05, 4.69) is 31.9 Å². The molecule has 0 spiro atoms. The van der Waals surface area contributed by atoms with Crippen molar-refractivity contribution in [3.63, 3.8) is 0 Å². The number of Topliss-reactive ketones (excluding diaryl/α,β-unsaturated/α-hetero) is 1. The number of carbonyl (C=O) groups excluding carboxylic acids is 2. The van der Waals surface area contributed by atoms with E-state index in [1.54, 1.807) is 17.0 Å². The standard InChI is InChI=1S/C11H9Br2NO2/c12-5-2-6-14-8-4-1-3-7(13)9(8)10(15)11(14)16/h1,3-4H,2,5-6H2. The lowest BCUT2D eigenvalue weighted by Gasteiger charge is -2.15. The van der Waals surface area contributed by atoms with Gasteiger partial charge in [-0.1, -0.05) is 22.0 Å². The Balaban J connectivity index is 2.42. The molecule has 1 heterocycles.